The van der Waals surface area contributed by atoms with Gasteiger partial charge in [-0.05, 0) is 36.7 Å². The van der Waals surface area contributed by atoms with E-state index in [0.29, 0.717) is 24.9 Å². The lowest BCUT2D eigenvalue weighted by molar-refractivity contribution is -0.137. The molecule has 134 valence electrons. The molecule has 4 heteroatoms. The normalized spacial score (nSPS) is 20.3. The largest absolute Gasteiger partial charge is 0.481 e. The molecule has 0 unspecified atom stereocenters. The van der Waals surface area contributed by atoms with E-state index in [1.165, 1.54) is 18.4 Å². The number of benzene rings is 1. The molecule has 0 amide bonds. The van der Waals surface area contributed by atoms with Crippen molar-refractivity contribution in [1.82, 2.24) is 0 Å². The summed E-state index contributed by atoms with van der Waals surface area (Å²) in [5.41, 5.74) is 1.22. The first-order valence-electron chi connectivity index (χ1n) is 9.17. The molecule has 2 atom stereocenters. The van der Waals surface area contributed by atoms with Crippen LogP contribution in [0.1, 0.15) is 50.5 Å². The summed E-state index contributed by atoms with van der Waals surface area (Å²) < 4.78 is 11.5. The minimum atomic E-state index is -0.685. The van der Waals surface area contributed by atoms with E-state index in [2.05, 4.69) is 12.1 Å². The number of hydrogen-bond donors (Lipinski definition) is 1. The zero-order valence-corrected chi connectivity index (χ0v) is 14.5. The van der Waals surface area contributed by atoms with Crippen LogP contribution in [0.4, 0.5) is 0 Å². The van der Waals surface area contributed by atoms with E-state index in [0.717, 1.165) is 45.5 Å². The fourth-order valence-electron chi connectivity index (χ4n) is 3.32. The predicted octanol–water partition coefficient (Wildman–Crippen LogP) is 4.28. The second kappa shape index (κ2) is 11.2. The van der Waals surface area contributed by atoms with Crippen LogP contribution >= 0.6 is 0 Å². The second-order valence-corrected chi connectivity index (χ2v) is 6.73. The summed E-state index contributed by atoms with van der Waals surface area (Å²) in [5.74, 6) is 0.569. The Bertz CT molecular complexity index is 460. The number of carboxylic acids is 1. The first-order chi connectivity index (χ1) is 11.8. The number of hydrogen-bond acceptors (Lipinski definition) is 3. The first-order valence-corrected chi connectivity index (χ1v) is 9.17. The van der Waals surface area contributed by atoms with Gasteiger partial charge in [0.1, 0.15) is 0 Å². The lowest BCUT2D eigenvalue weighted by Crippen LogP contribution is -2.15. The molecule has 4 nitrogen and oxygen atoms in total. The molecule has 1 heterocycles. The van der Waals surface area contributed by atoms with Crippen LogP contribution in [0.3, 0.4) is 0 Å². The van der Waals surface area contributed by atoms with Crippen LogP contribution in [0.5, 0.6) is 0 Å². The van der Waals surface area contributed by atoms with Crippen molar-refractivity contribution in [2.45, 2.75) is 51.6 Å². The number of carboxylic acid groups (broad SMARTS) is 1. The zero-order valence-electron chi connectivity index (χ0n) is 14.5. The molecule has 0 spiro atoms. The molecule has 24 heavy (non-hydrogen) atoms. The van der Waals surface area contributed by atoms with Gasteiger partial charge in [0, 0.05) is 26.2 Å². The van der Waals surface area contributed by atoms with E-state index >= 15 is 0 Å². The summed E-state index contributed by atoms with van der Waals surface area (Å²) in [7, 11) is 0. The number of carbonyl (C=O) groups is 1. The van der Waals surface area contributed by atoms with Crippen molar-refractivity contribution in [2.75, 3.05) is 19.8 Å². The van der Waals surface area contributed by atoms with E-state index in [9.17, 15) is 4.79 Å². The molecule has 1 aromatic carbocycles. The number of rotatable bonds is 12. The van der Waals surface area contributed by atoms with Gasteiger partial charge in [-0.15, -0.1) is 0 Å². The van der Waals surface area contributed by atoms with Crippen molar-refractivity contribution < 1.29 is 19.4 Å². The fraction of sp³-hybridized carbons (Fsp3) is 0.650. The second-order valence-electron chi connectivity index (χ2n) is 6.73. The van der Waals surface area contributed by atoms with Gasteiger partial charge in [-0.3, -0.25) is 4.79 Å². The Balaban J connectivity index is 1.53. The summed E-state index contributed by atoms with van der Waals surface area (Å²) in [6.45, 7) is 3.21. The highest BCUT2D eigenvalue weighted by atomic mass is 16.5. The topological polar surface area (TPSA) is 55.8 Å². The summed E-state index contributed by atoms with van der Waals surface area (Å²) in [6, 6.07) is 10.3. The van der Waals surface area contributed by atoms with Gasteiger partial charge in [-0.25, -0.2) is 0 Å². The third kappa shape index (κ3) is 7.45. The molecule has 1 aliphatic heterocycles. The summed E-state index contributed by atoms with van der Waals surface area (Å²) >= 11 is 0. The lowest BCUT2D eigenvalue weighted by atomic mass is 9.88. The van der Waals surface area contributed by atoms with Gasteiger partial charge in [0.05, 0.1) is 6.61 Å². The molecule has 2 rings (SSSR count). The monoisotopic (exact) mass is 334 g/mol. The Labute approximate surface area is 145 Å². The first kappa shape index (κ1) is 18.9. The zero-order chi connectivity index (χ0) is 17.0. The van der Waals surface area contributed by atoms with E-state index in [4.69, 9.17) is 14.6 Å². The van der Waals surface area contributed by atoms with Crippen LogP contribution in [-0.2, 0) is 20.9 Å². The molecule has 1 saturated heterocycles. The van der Waals surface area contributed by atoms with Crippen molar-refractivity contribution in [3.63, 3.8) is 0 Å². The highest BCUT2D eigenvalue weighted by Gasteiger charge is 2.27. The molecule has 0 aromatic heterocycles. The molecule has 0 radical (unpaired) electrons. The van der Waals surface area contributed by atoms with Gasteiger partial charge in [-0.2, -0.15) is 0 Å². The van der Waals surface area contributed by atoms with E-state index in [1.54, 1.807) is 0 Å². The maximum Gasteiger partial charge on any atom is 0.303 e. The molecule has 0 saturated carbocycles. The Kier molecular flexibility index (Phi) is 8.85. The van der Waals surface area contributed by atoms with Crippen LogP contribution in [0.2, 0.25) is 0 Å². The van der Waals surface area contributed by atoms with Crippen molar-refractivity contribution >= 4 is 5.97 Å². The van der Waals surface area contributed by atoms with Crippen molar-refractivity contribution in [3.05, 3.63) is 35.9 Å². The SMILES string of the molecule is O=C(O)CCCCCC[C@H]1COC[C@H]1CCOCc1ccccc1. The minimum absolute atomic E-state index is 0.300. The van der Waals surface area contributed by atoms with Gasteiger partial charge < -0.3 is 14.6 Å². The standard InChI is InChI=1S/C20H30O4/c21-20(22)11-7-2-1-6-10-18-15-24-16-19(18)12-13-23-14-17-8-4-3-5-9-17/h3-5,8-9,18-19H,1-2,6-7,10-16H2,(H,21,22)/t18-,19+/m0/s1. The predicted molar refractivity (Wildman–Crippen MR) is 93.9 cm³/mol. The molecular weight excluding hydrogens is 304 g/mol. The van der Waals surface area contributed by atoms with Gasteiger partial charge in [0.15, 0.2) is 0 Å². The highest BCUT2D eigenvalue weighted by Crippen LogP contribution is 2.28. The van der Waals surface area contributed by atoms with Gasteiger partial charge >= 0.3 is 5.97 Å². The van der Waals surface area contributed by atoms with Crippen molar-refractivity contribution in [3.8, 4) is 0 Å². The maximum atomic E-state index is 10.5. The molecule has 0 bridgehead atoms. The third-order valence-electron chi connectivity index (χ3n) is 4.79. The summed E-state index contributed by atoms with van der Waals surface area (Å²) in [4.78, 5) is 10.5. The molecule has 1 aliphatic rings. The van der Waals surface area contributed by atoms with Crippen LogP contribution in [-0.4, -0.2) is 30.9 Å². The van der Waals surface area contributed by atoms with E-state index in [-0.39, 0.29) is 0 Å². The van der Waals surface area contributed by atoms with Crippen LogP contribution in [0.15, 0.2) is 30.3 Å². The van der Waals surface area contributed by atoms with E-state index < -0.39 is 5.97 Å². The Morgan fingerprint density at radius 1 is 1.04 bits per heavy atom. The molecule has 0 aliphatic carbocycles. The quantitative estimate of drug-likeness (QED) is 0.580. The maximum absolute atomic E-state index is 10.5. The van der Waals surface area contributed by atoms with Gasteiger partial charge in [-0.1, -0.05) is 49.6 Å². The molecule has 1 fully saturated rings. The minimum Gasteiger partial charge on any atom is -0.481 e. The van der Waals surface area contributed by atoms with Gasteiger partial charge in [0.25, 0.3) is 0 Å². The Hall–Kier alpha value is -1.39. The van der Waals surface area contributed by atoms with E-state index in [1.807, 2.05) is 18.2 Å². The molecule has 1 aromatic rings. The third-order valence-corrected chi connectivity index (χ3v) is 4.79. The fourth-order valence-corrected chi connectivity index (χ4v) is 3.32. The number of aliphatic carboxylic acids is 1. The van der Waals surface area contributed by atoms with Crippen LogP contribution < -0.4 is 0 Å². The highest BCUT2D eigenvalue weighted by molar-refractivity contribution is 5.66. The van der Waals surface area contributed by atoms with Crippen molar-refractivity contribution in [2.24, 2.45) is 11.8 Å². The summed E-state index contributed by atoms with van der Waals surface area (Å²) in [6.07, 6.45) is 6.68. The smallest absolute Gasteiger partial charge is 0.303 e. The Morgan fingerprint density at radius 3 is 2.50 bits per heavy atom. The van der Waals surface area contributed by atoms with Crippen molar-refractivity contribution in [1.29, 1.82) is 0 Å². The average Bonchev–Trinajstić information content (AvgIpc) is 3.03. The summed E-state index contributed by atoms with van der Waals surface area (Å²) in [5, 5.41) is 8.62. The molecule has 1 N–H and O–H groups in total. The van der Waals surface area contributed by atoms with Crippen LogP contribution in [0, 0.1) is 11.8 Å². The Morgan fingerprint density at radius 2 is 1.75 bits per heavy atom. The average molecular weight is 334 g/mol. The number of ether oxygens (including phenoxy) is 2. The number of unbranched alkanes of at least 4 members (excludes halogenated alkanes) is 3. The lowest BCUT2D eigenvalue weighted by Gasteiger charge is -2.17. The van der Waals surface area contributed by atoms with Gasteiger partial charge in [0.2, 0.25) is 0 Å². The van der Waals surface area contributed by atoms with Crippen LogP contribution in [0.25, 0.3) is 0 Å². The molecular formula is C20H30O4.